The topological polar surface area (TPSA) is 63.2 Å². The number of carboxylic acid groups (broad SMARTS) is 1. The van der Waals surface area contributed by atoms with Crippen molar-refractivity contribution < 1.29 is 34.5 Å². The molecule has 0 radical (unpaired) electrons. The van der Waals surface area contributed by atoms with Crippen LogP contribution < -0.4 is 10.2 Å². The molecule has 0 saturated heterocycles. The van der Waals surface area contributed by atoms with Gasteiger partial charge in [0.1, 0.15) is 0 Å². The summed E-state index contributed by atoms with van der Waals surface area (Å²) in [5.41, 5.74) is -0.750. The van der Waals surface area contributed by atoms with Crippen LogP contribution in [-0.4, -0.2) is 11.6 Å². The minimum absolute atomic E-state index is 0. The van der Waals surface area contributed by atoms with E-state index in [1.165, 1.54) is 0 Å². The Bertz CT molecular complexity index is 75.5. The van der Waals surface area contributed by atoms with Gasteiger partial charge in [0.05, 0.1) is 0 Å². The van der Waals surface area contributed by atoms with Crippen molar-refractivity contribution in [3.8, 4) is 0 Å². The van der Waals surface area contributed by atoms with Crippen molar-refractivity contribution in [1.82, 2.24) is 0 Å². The normalized spacial score (nSPS) is 8.50. The van der Waals surface area contributed by atoms with E-state index < -0.39 is 11.6 Å². The van der Waals surface area contributed by atoms with Gasteiger partial charge in [-0.25, -0.2) is 0 Å². The molecule has 4 heteroatoms. The Morgan fingerprint density at radius 1 is 1.30 bits per heavy atom. The zero-order valence-corrected chi connectivity index (χ0v) is 9.90. The summed E-state index contributed by atoms with van der Waals surface area (Å²) in [5, 5.41) is 19.0. The fourth-order valence-corrected chi connectivity index (χ4v) is 0. The number of hydrogen-bond acceptors (Lipinski definition) is 3. The van der Waals surface area contributed by atoms with Crippen LogP contribution in [0.15, 0.2) is 0 Å². The van der Waals surface area contributed by atoms with Gasteiger partial charge in [0.25, 0.3) is 0 Å². The quantitative estimate of drug-likeness (QED) is 0.463. The Morgan fingerprint density at radius 2 is 1.30 bits per heavy atom. The van der Waals surface area contributed by atoms with Gasteiger partial charge >= 0.3 is 19.5 Å². The zero-order chi connectivity index (χ0) is 8.08. The first-order valence-electron chi connectivity index (χ1n) is 2.61. The molecule has 0 aromatic heterocycles. The van der Waals surface area contributed by atoms with Crippen molar-refractivity contribution in [2.75, 3.05) is 0 Å². The van der Waals surface area contributed by atoms with Crippen LogP contribution >= 0.6 is 0 Å². The number of hydrogen-bond donors (Lipinski definition) is 0. The standard InChI is InChI=1S/C4H9O.C2H4O2.Zn/c1-4(2,3)5;1-2(3)4;/h1-3H3;1H3,(H,3,4);/q-1;;+2/p-1. The van der Waals surface area contributed by atoms with Crippen molar-refractivity contribution in [3.05, 3.63) is 0 Å². The molecule has 0 aromatic carbocycles. The second kappa shape index (κ2) is 7.16. The van der Waals surface area contributed by atoms with Crippen molar-refractivity contribution in [3.63, 3.8) is 0 Å². The molecule has 3 nitrogen and oxygen atoms in total. The maximum absolute atomic E-state index is 10.1. The number of carboxylic acids is 1. The van der Waals surface area contributed by atoms with Crippen LogP contribution in [0.3, 0.4) is 0 Å². The SMILES string of the molecule is CC(=O)[O-].CC(C)(C)[O-].[Zn+2]. The van der Waals surface area contributed by atoms with Gasteiger partial charge in [-0.3, -0.25) is 0 Å². The van der Waals surface area contributed by atoms with E-state index in [9.17, 15) is 5.11 Å². The number of carbonyl (C=O) groups excluding carboxylic acids is 1. The number of aliphatic carboxylic acids is 1. The predicted molar refractivity (Wildman–Crippen MR) is 30.4 cm³/mol. The van der Waals surface area contributed by atoms with Gasteiger partial charge < -0.3 is 15.0 Å². The van der Waals surface area contributed by atoms with Crippen LogP contribution in [-0.2, 0) is 24.3 Å². The Kier molecular flexibility index (Phi) is 11.9. The molecule has 0 saturated carbocycles. The fourth-order valence-electron chi connectivity index (χ4n) is 0. The molecule has 10 heavy (non-hydrogen) atoms. The third-order valence-corrected chi connectivity index (χ3v) is 0. The summed E-state index contributed by atoms with van der Waals surface area (Å²) in [6.07, 6.45) is 0. The molecule has 0 aliphatic heterocycles. The first kappa shape index (κ1) is 16.6. The van der Waals surface area contributed by atoms with Crippen molar-refractivity contribution in [2.45, 2.75) is 33.3 Å². The second-order valence-corrected chi connectivity index (χ2v) is 2.60. The maximum Gasteiger partial charge on any atom is 2.00 e. The second-order valence-electron chi connectivity index (χ2n) is 2.60. The van der Waals surface area contributed by atoms with Crippen molar-refractivity contribution >= 4 is 5.97 Å². The van der Waals surface area contributed by atoms with E-state index in [0.29, 0.717) is 0 Å². The summed E-state index contributed by atoms with van der Waals surface area (Å²) in [4.78, 5) is 8.89. The average Bonchev–Trinajstić information content (AvgIpc) is 1.19. The minimum Gasteiger partial charge on any atom is -0.850 e. The van der Waals surface area contributed by atoms with Gasteiger partial charge in [-0.2, -0.15) is 0 Å². The van der Waals surface area contributed by atoms with Crippen LogP contribution in [0, 0.1) is 0 Å². The summed E-state index contributed by atoms with van der Waals surface area (Å²) in [6, 6.07) is 0. The monoisotopic (exact) mass is 196 g/mol. The summed E-state index contributed by atoms with van der Waals surface area (Å²) in [7, 11) is 0. The Hall–Kier alpha value is 0.0534. The predicted octanol–water partition coefficient (Wildman–Crippen LogP) is -1.10. The van der Waals surface area contributed by atoms with Gasteiger partial charge in [0, 0.05) is 5.97 Å². The molecular weight excluding hydrogens is 185 g/mol. The zero-order valence-electron chi connectivity index (χ0n) is 6.93. The van der Waals surface area contributed by atoms with E-state index in [4.69, 9.17) is 9.90 Å². The van der Waals surface area contributed by atoms with Gasteiger partial charge in [-0.15, -0.1) is 5.60 Å². The van der Waals surface area contributed by atoms with Crippen LogP contribution in [0.5, 0.6) is 0 Å². The molecule has 0 aliphatic rings. The molecule has 0 bridgehead atoms. The molecular formula is C6H12O3Zn. The molecule has 0 amide bonds. The van der Waals surface area contributed by atoms with Gasteiger partial charge in [-0.05, 0) is 6.92 Å². The Morgan fingerprint density at radius 3 is 1.30 bits per heavy atom. The van der Waals surface area contributed by atoms with Crippen LogP contribution in [0.25, 0.3) is 0 Å². The molecule has 0 heterocycles. The summed E-state index contributed by atoms with van der Waals surface area (Å²) < 4.78 is 0. The smallest absolute Gasteiger partial charge is 0.850 e. The minimum atomic E-state index is -1.08. The van der Waals surface area contributed by atoms with E-state index >= 15 is 0 Å². The number of carbonyl (C=O) groups is 1. The number of rotatable bonds is 0. The summed E-state index contributed by atoms with van der Waals surface area (Å²) >= 11 is 0. The molecule has 0 atom stereocenters. The van der Waals surface area contributed by atoms with Gasteiger partial charge in [0.15, 0.2) is 0 Å². The molecule has 0 aromatic rings. The molecule has 0 N–H and O–H groups in total. The maximum atomic E-state index is 10.1. The molecule has 0 unspecified atom stereocenters. The van der Waals surface area contributed by atoms with E-state index in [-0.39, 0.29) is 19.5 Å². The van der Waals surface area contributed by atoms with Crippen molar-refractivity contribution in [2.24, 2.45) is 0 Å². The van der Waals surface area contributed by atoms with E-state index in [2.05, 4.69) is 0 Å². The average molecular weight is 198 g/mol. The van der Waals surface area contributed by atoms with Gasteiger partial charge in [-0.1, -0.05) is 20.8 Å². The fraction of sp³-hybridized carbons (Fsp3) is 0.833. The Labute approximate surface area is 74.2 Å². The van der Waals surface area contributed by atoms with Crippen molar-refractivity contribution in [1.29, 1.82) is 0 Å². The first-order valence-corrected chi connectivity index (χ1v) is 2.61. The van der Waals surface area contributed by atoms with Crippen LogP contribution in [0.2, 0.25) is 0 Å². The van der Waals surface area contributed by atoms with Crippen LogP contribution in [0.4, 0.5) is 0 Å². The molecule has 56 valence electrons. The summed E-state index contributed by atoms with van der Waals surface area (Å²) in [6.45, 7) is 5.87. The Balaban J connectivity index is -0.0000000910. The van der Waals surface area contributed by atoms with Crippen LogP contribution in [0.1, 0.15) is 27.7 Å². The molecule has 0 rings (SSSR count). The van der Waals surface area contributed by atoms with E-state index in [1.807, 2.05) is 0 Å². The van der Waals surface area contributed by atoms with E-state index in [0.717, 1.165) is 6.92 Å². The third kappa shape index (κ3) is 141000. The first-order chi connectivity index (χ1) is 3.73. The molecule has 0 spiro atoms. The third-order valence-electron chi connectivity index (χ3n) is 0. The van der Waals surface area contributed by atoms with E-state index in [1.54, 1.807) is 20.8 Å². The molecule has 0 aliphatic carbocycles. The van der Waals surface area contributed by atoms with Gasteiger partial charge in [0.2, 0.25) is 0 Å². The largest absolute Gasteiger partial charge is 2.00 e. The molecule has 0 fully saturated rings. The summed E-state index contributed by atoms with van der Waals surface area (Å²) in [5.74, 6) is -1.08.